The lowest BCUT2D eigenvalue weighted by Crippen LogP contribution is -2.45. The minimum Gasteiger partial charge on any atom is -0.353 e. The van der Waals surface area contributed by atoms with Crippen LogP contribution >= 0.6 is 31.9 Å². The fourth-order valence-electron chi connectivity index (χ4n) is 2.74. The van der Waals surface area contributed by atoms with Crippen molar-refractivity contribution in [2.24, 2.45) is 5.92 Å². The van der Waals surface area contributed by atoms with Gasteiger partial charge >= 0.3 is 0 Å². The standard InChI is InChI=1S/C15H18Br2N2O3S/c16-11-3-6-13(17)14(8-11)23(21,22)19-7-1-2-10(9-19)15(20)18-12-4-5-12/h3,6,8,10,12H,1-2,4-5,7,9H2,(H,18,20). The van der Waals surface area contributed by atoms with Crippen molar-refractivity contribution in [1.82, 2.24) is 9.62 Å². The molecule has 1 saturated carbocycles. The number of sulfonamides is 1. The summed E-state index contributed by atoms with van der Waals surface area (Å²) < 4.78 is 28.5. The van der Waals surface area contributed by atoms with Gasteiger partial charge in [-0.05, 0) is 59.8 Å². The summed E-state index contributed by atoms with van der Waals surface area (Å²) in [4.78, 5) is 12.5. The maximum atomic E-state index is 12.9. The molecule has 0 bridgehead atoms. The molecule has 1 atom stereocenters. The molecule has 1 aliphatic heterocycles. The Morgan fingerprint density at radius 3 is 2.65 bits per heavy atom. The predicted octanol–water partition coefficient (Wildman–Crippen LogP) is 2.89. The molecular weight excluding hydrogens is 448 g/mol. The van der Waals surface area contributed by atoms with Crippen molar-refractivity contribution < 1.29 is 13.2 Å². The van der Waals surface area contributed by atoms with E-state index in [9.17, 15) is 13.2 Å². The summed E-state index contributed by atoms with van der Waals surface area (Å²) in [5, 5.41) is 2.98. The number of halogens is 2. The molecule has 2 fully saturated rings. The van der Waals surface area contributed by atoms with Gasteiger partial charge < -0.3 is 5.32 Å². The van der Waals surface area contributed by atoms with Crippen LogP contribution < -0.4 is 5.32 Å². The van der Waals surface area contributed by atoms with Crippen molar-refractivity contribution in [3.63, 3.8) is 0 Å². The van der Waals surface area contributed by atoms with Gasteiger partial charge in [0.05, 0.1) is 10.8 Å². The molecule has 5 nitrogen and oxygen atoms in total. The Bertz CT molecular complexity index is 719. The smallest absolute Gasteiger partial charge is 0.244 e. The molecule has 1 amide bonds. The number of piperidine rings is 1. The van der Waals surface area contributed by atoms with E-state index >= 15 is 0 Å². The van der Waals surface area contributed by atoms with Crippen LogP contribution in [0.5, 0.6) is 0 Å². The summed E-state index contributed by atoms with van der Waals surface area (Å²) in [5.41, 5.74) is 0. The molecule has 0 radical (unpaired) electrons. The average Bonchev–Trinajstić information content (AvgIpc) is 3.33. The molecule has 3 rings (SSSR count). The number of benzene rings is 1. The topological polar surface area (TPSA) is 66.5 Å². The molecule has 0 spiro atoms. The van der Waals surface area contributed by atoms with Gasteiger partial charge in [0.25, 0.3) is 0 Å². The van der Waals surface area contributed by atoms with E-state index in [0.717, 1.165) is 19.3 Å². The molecule has 8 heteroatoms. The Labute approximate surface area is 153 Å². The quantitative estimate of drug-likeness (QED) is 0.743. The largest absolute Gasteiger partial charge is 0.353 e. The number of amides is 1. The number of carbonyl (C=O) groups is 1. The summed E-state index contributed by atoms with van der Waals surface area (Å²) in [6, 6.07) is 5.38. The van der Waals surface area contributed by atoms with Gasteiger partial charge in [-0.2, -0.15) is 4.31 Å². The number of nitrogens with zero attached hydrogens (tertiary/aromatic N) is 1. The molecule has 1 saturated heterocycles. The molecular formula is C15H18Br2N2O3S. The number of nitrogens with one attached hydrogen (secondary N) is 1. The van der Waals surface area contributed by atoms with Gasteiger partial charge in [0, 0.05) is 28.1 Å². The van der Waals surface area contributed by atoms with Crippen LogP contribution in [0, 0.1) is 5.92 Å². The van der Waals surface area contributed by atoms with Crippen molar-refractivity contribution >= 4 is 47.8 Å². The molecule has 126 valence electrons. The normalized spacial score (nSPS) is 22.8. The molecule has 23 heavy (non-hydrogen) atoms. The summed E-state index contributed by atoms with van der Waals surface area (Å²) >= 11 is 6.63. The van der Waals surface area contributed by atoms with E-state index in [0.29, 0.717) is 28.0 Å². The third-order valence-electron chi connectivity index (χ3n) is 4.19. The third-order valence-corrected chi connectivity index (χ3v) is 7.54. The number of hydrogen-bond acceptors (Lipinski definition) is 3. The Hall–Kier alpha value is -0.440. The highest BCUT2D eigenvalue weighted by Gasteiger charge is 2.35. The molecule has 1 aromatic rings. The van der Waals surface area contributed by atoms with Crippen LogP contribution in [0.3, 0.4) is 0 Å². The number of rotatable bonds is 4. The molecule has 2 aliphatic rings. The zero-order valence-corrected chi connectivity index (χ0v) is 16.5. The van der Waals surface area contributed by atoms with E-state index in [1.54, 1.807) is 18.2 Å². The number of hydrogen-bond donors (Lipinski definition) is 1. The molecule has 1 unspecified atom stereocenters. The highest BCUT2D eigenvalue weighted by atomic mass is 79.9. The van der Waals surface area contributed by atoms with Gasteiger partial charge in [-0.1, -0.05) is 15.9 Å². The second kappa shape index (κ2) is 6.82. The molecule has 1 aliphatic carbocycles. The highest BCUT2D eigenvalue weighted by molar-refractivity contribution is 9.11. The average molecular weight is 466 g/mol. The van der Waals surface area contributed by atoms with E-state index in [4.69, 9.17) is 0 Å². The van der Waals surface area contributed by atoms with Crippen LogP contribution in [-0.2, 0) is 14.8 Å². The maximum absolute atomic E-state index is 12.9. The van der Waals surface area contributed by atoms with Gasteiger partial charge in [0.2, 0.25) is 15.9 Å². The minimum absolute atomic E-state index is 0.0132. The van der Waals surface area contributed by atoms with Gasteiger partial charge in [-0.25, -0.2) is 8.42 Å². The van der Waals surface area contributed by atoms with Gasteiger partial charge in [0.15, 0.2) is 0 Å². The molecule has 1 aromatic carbocycles. The van der Waals surface area contributed by atoms with E-state index < -0.39 is 10.0 Å². The minimum atomic E-state index is -3.62. The Kier molecular flexibility index (Phi) is 5.15. The molecule has 1 N–H and O–H groups in total. The Morgan fingerprint density at radius 2 is 1.96 bits per heavy atom. The lowest BCUT2D eigenvalue weighted by atomic mass is 9.99. The first-order valence-electron chi connectivity index (χ1n) is 7.63. The fourth-order valence-corrected chi connectivity index (χ4v) is 5.72. The summed E-state index contributed by atoms with van der Waals surface area (Å²) in [6.45, 7) is 0.703. The lowest BCUT2D eigenvalue weighted by Gasteiger charge is -2.31. The van der Waals surface area contributed by atoms with Crippen molar-refractivity contribution in [2.75, 3.05) is 13.1 Å². The van der Waals surface area contributed by atoms with Crippen LogP contribution in [0.2, 0.25) is 0 Å². The summed E-state index contributed by atoms with van der Waals surface area (Å²) in [5.74, 6) is -0.272. The summed E-state index contributed by atoms with van der Waals surface area (Å²) in [7, 11) is -3.62. The van der Waals surface area contributed by atoms with E-state index in [2.05, 4.69) is 37.2 Å². The van der Waals surface area contributed by atoms with Crippen molar-refractivity contribution in [1.29, 1.82) is 0 Å². The Morgan fingerprint density at radius 1 is 1.22 bits per heavy atom. The maximum Gasteiger partial charge on any atom is 0.244 e. The van der Waals surface area contributed by atoms with Crippen LogP contribution in [0.15, 0.2) is 32.0 Å². The van der Waals surface area contributed by atoms with E-state index in [-0.39, 0.29) is 23.3 Å². The second-order valence-electron chi connectivity index (χ2n) is 6.06. The lowest BCUT2D eigenvalue weighted by molar-refractivity contribution is -0.126. The second-order valence-corrected chi connectivity index (χ2v) is 9.74. The fraction of sp³-hybridized carbons (Fsp3) is 0.533. The SMILES string of the molecule is O=C(NC1CC1)C1CCCN(S(=O)(=O)c2cc(Br)ccc2Br)C1. The number of carbonyl (C=O) groups excluding carboxylic acids is 1. The van der Waals surface area contributed by atoms with E-state index in [1.807, 2.05) is 0 Å². The highest BCUT2D eigenvalue weighted by Crippen LogP contribution is 2.31. The van der Waals surface area contributed by atoms with Crippen molar-refractivity contribution in [2.45, 2.75) is 36.6 Å². The summed E-state index contributed by atoms with van der Waals surface area (Å²) in [6.07, 6.45) is 3.51. The predicted molar refractivity (Wildman–Crippen MR) is 94.5 cm³/mol. The van der Waals surface area contributed by atoms with Crippen molar-refractivity contribution in [3.05, 3.63) is 27.1 Å². The zero-order chi connectivity index (χ0) is 16.6. The van der Waals surface area contributed by atoms with Crippen LogP contribution in [0.4, 0.5) is 0 Å². The van der Waals surface area contributed by atoms with Crippen LogP contribution in [0.1, 0.15) is 25.7 Å². The zero-order valence-electron chi connectivity index (χ0n) is 12.5. The molecule has 0 aromatic heterocycles. The van der Waals surface area contributed by atoms with E-state index in [1.165, 1.54) is 4.31 Å². The monoisotopic (exact) mass is 464 g/mol. The Balaban J connectivity index is 1.79. The molecule has 1 heterocycles. The van der Waals surface area contributed by atoms with Crippen LogP contribution in [0.25, 0.3) is 0 Å². The third kappa shape index (κ3) is 3.97. The first-order chi connectivity index (χ1) is 10.9. The van der Waals surface area contributed by atoms with Crippen molar-refractivity contribution in [3.8, 4) is 0 Å². The van der Waals surface area contributed by atoms with Gasteiger partial charge in [0.1, 0.15) is 0 Å². The van der Waals surface area contributed by atoms with Crippen LogP contribution in [-0.4, -0.2) is 37.8 Å². The van der Waals surface area contributed by atoms with Gasteiger partial charge in [-0.3, -0.25) is 4.79 Å². The first kappa shape index (κ1) is 17.4. The first-order valence-corrected chi connectivity index (χ1v) is 10.7. The van der Waals surface area contributed by atoms with Gasteiger partial charge in [-0.15, -0.1) is 0 Å².